The Bertz CT molecular complexity index is 1090. The third-order valence-electron chi connectivity index (χ3n) is 4.00. The van der Waals surface area contributed by atoms with Crippen molar-refractivity contribution in [1.82, 2.24) is 24.9 Å². The average molecular weight is 318 g/mol. The van der Waals surface area contributed by atoms with Gasteiger partial charge in [-0.3, -0.25) is 9.78 Å². The van der Waals surface area contributed by atoms with E-state index in [1.807, 2.05) is 38.1 Å². The lowest BCUT2D eigenvalue weighted by molar-refractivity contribution is 0.102. The lowest BCUT2D eigenvalue weighted by atomic mass is 10.2. The van der Waals surface area contributed by atoms with Gasteiger partial charge in [0.05, 0.1) is 22.6 Å². The zero-order valence-corrected chi connectivity index (χ0v) is 13.2. The fourth-order valence-corrected chi connectivity index (χ4v) is 2.63. The molecule has 4 aromatic rings. The van der Waals surface area contributed by atoms with Crippen molar-refractivity contribution in [3.05, 3.63) is 53.7 Å². The van der Waals surface area contributed by atoms with Crippen LogP contribution in [0.3, 0.4) is 0 Å². The molecule has 1 aromatic carbocycles. The van der Waals surface area contributed by atoms with Gasteiger partial charge in [-0.15, -0.1) is 0 Å². The Morgan fingerprint density at radius 2 is 1.88 bits per heavy atom. The maximum absolute atomic E-state index is 12.5. The van der Waals surface area contributed by atoms with Crippen LogP contribution in [0.25, 0.3) is 22.1 Å². The average Bonchev–Trinajstić information content (AvgIpc) is 2.90. The van der Waals surface area contributed by atoms with E-state index in [0.717, 1.165) is 22.2 Å². The molecule has 1 amide bonds. The molecule has 0 aliphatic heterocycles. The van der Waals surface area contributed by atoms with E-state index in [0.29, 0.717) is 17.0 Å². The molecule has 0 bridgehead atoms. The largest absolute Gasteiger partial charge is 0.343 e. The molecular formula is C17H14N6O. The summed E-state index contributed by atoms with van der Waals surface area (Å²) in [7, 11) is 0. The summed E-state index contributed by atoms with van der Waals surface area (Å²) in [5, 5.41) is 3.61. The predicted octanol–water partition coefficient (Wildman–Crippen LogP) is 2.77. The number of carbonyl (C=O) groups is 1. The fraction of sp³-hybridized carbons (Fsp3) is 0.118. The number of H-pyrrole nitrogens is 1. The van der Waals surface area contributed by atoms with Crippen molar-refractivity contribution in [1.29, 1.82) is 0 Å². The van der Waals surface area contributed by atoms with Crippen LogP contribution in [0.5, 0.6) is 0 Å². The van der Waals surface area contributed by atoms with Gasteiger partial charge in [-0.25, -0.2) is 15.0 Å². The Hall–Kier alpha value is -3.35. The van der Waals surface area contributed by atoms with Crippen LogP contribution in [0, 0.1) is 13.8 Å². The highest BCUT2D eigenvalue weighted by Gasteiger charge is 2.15. The molecule has 0 radical (unpaired) electrons. The molecule has 24 heavy (non-hydrogen) atoms. The number of aromatic amines is 1. The summed E-state index contributed by atoms with van der Waals surface area (Å²) in [6.45, 7) is 3.92. The van der Waals surface area contributed by atoms with Crippen LogP contribution in [-0.2, 0) is 0 Å². The molecule has 0 unspecified atom stereocenters. The first-order valence-electron chi connectivity index (χ1n) is 7.46. The minimum Gasteiger partial charge on any atom is -0.343 e. The highest BCUT2D eigenvalue weighted by molar-refractivity contribution is 6.07. The van der Waals surface area contributed by atoms with Gasteiger partial charge in [-0.1, -0.05) is 12.1 Å². The molecule has 4 rings (SSSR count). The molecular weight excluding hydrogens is 304 g/mol. The number of aromatic nitrogens is 5. The number of carbonyl (C=O) groups excluding carboxylic acids is 1. The number of fused-ring (bicyclic) bond motifs is 2. The summed E-state index contributed by atoms with van der Waals surface area (Å²) in [5.41, 5.74) is 4.35. The van der Waals surface area contributed by atoms with Crippen LogP contribution in [0.4, 0.5) is 5.82 Å². The minimum absolute atomic E-state index is 0.241. The lowest BCUT2D eigenvalue weighted by Crippen LogP contribution is -2.15. The third-order valence-corrected chi connectivity index (χ3v) is 4.00. The Morgan fingerprint density at radius 3 is 2.71 bits per heavy atom. The van der Waals surface area contributed by atoms with Crippen molar-refractivity contribution in [3.8, 4) is 0 Å². The second-order valence-corrected chi connectivity index (χ2v) is 5.52. The van der Waals surface area contributed by atoms with E-state index in [1.165, 1.54) is 12.5 Å². The van der Waals surface area contributed by atoms with Gasteiger partial charge in [0.1, 0.15) is 23.5 Å². The molecule has 3 heterocycles. The maximum atomic E-state index is 12.5. The van der Waals surface area contributed by atoms with Gasteiger partial charge in [0.25, 0.3) is 5.91 Å². The topological polar surface area (TPSA) is 96.5 Å². The standard InChI is InChI=1S/C17H14N6O/c1-9-10(2)21-15-14(9)16(20-8-19-15)23-17(24)13-7-18-11-5-3-4-6-12(11)22-13/h3-8H,1-2H3,(H2,19,20,21,23,24). The molecule has 0 aliphatic carbocycles. The van der Waals surface area contributed by atoms with E-state index in [4.69, 9.17) is 0 Å². The Balaban J connectivity index is 1.73. The van der Waals surface area contributed by atoms with Crippen molar-refractivity contribution in [2.75, 3.05) is 5.32 Å². The van der Waals surface area contributed by atoms with E-state index >= 15 is 0 Å². The molecule has 0 aliphatic rings. The summed E-state index contributed by atoms with van der Waals surface area (Å²) >= 11 is 0. The number of hydrogen-bond donors (Lipinski definition) is 2. The number of nitrogens with one attached hydrogen (secondary N) is 2. The quantitative estimate of drug-likeness (QED) is 0.592. The van der Waals surface area contributed by atoms with Crippen molar-refractivity contribution < 1.29 is 4.79 Å². The molecule has 0 spiro atoms. The summed E-state index contributed by atoms with van der Waals surface area (Å²) < 4.78 is 0. The number of para-hydroxylation sites is 2. The second-order valence-electron chi connectivity index (χ2n) is 5.52. The second kappa shape index (κ2) is 5.38. The normalized spacial score (nSPS) is 11.1. The van der Waals surface area contributed by atoms with Gasteiger partial charge in [0.15, 0.2) is 0 Å². The highest BCUT2D eigenvalue weighted by Crippen LogP contribution is 2.25. The molecule has 7 heteroatoms. The number of aryl methyl sites for hydroxylation is 2. The van der Waals surface area contributed by atoms with Gasteiger partial charge >= 0.3 is 0 Å². The van der Waals surface area contributed by atoms with Crippen LogP contribution in [0.2, 0.25) is 0 Å². The van der Waals surface area contributed by atoms with Crippen molar-refractivity contribution in [3.63, 3.8) is 0 Å². The van der Waals surface area contributed by atoms with Crippen molar-refractivity contribution in [2.24, 2.45) is 0 Å². The smallest absolute Gasteiger partial charge is 0.277 e. The van der Waals surface area contributed by atoms with E-state index < -0.39 is 0 Å². The summed E-state index contributed by atoms with van der Waals surface area (Å²) in [5.74, 6) is 0.105. The van der Waals surface area contributed by atoms with Crippen molar-refractivity contribution >= 4 is 33.8 Å². The molecule has 0 fully saturated rings. The molecule has 0 saturated heterocycles. The summed E-state index contributed by atoms with van der Waals surface area (Å²) in [6, 6.07) is 7.41. The summed E-state index contributed by atoms with van der Waals surface area (Å²) in [6.07, 6.45) is 2.88. The van der Waals surface area contributed by atoms with Crippen LogP contribution in [-0.4, -0.2) is 30.8 Å². The number of benzene rings is 1. The maximum Gasteiger partial charge on any atom is 0.277 e. The summed E-state index contributed by atoms with van der Waals surface area (Å²) in [4.78, 5) is 32.7. The SMILES string of the molecule is Cc1[nH]c2ncnc(NC(=O)c3cnc4ccccc4n3)c2c1C. The van der Waals surface area contributed by atoms with E-state index in [9.17, 15) is 4.79 Å². The first-order chi connectivity index (χ1) is 11.6. The van der Waals surface area contributed by atoms with Crippen LogP contribution in [0.15, 0.2) is 36.8 Å². The van der Waals surface area contributed by atoms with Gasteiger partial charge < -0.3 is 10.3 Å². The Labute approximate surface area is 137 Å². The van der Waals surface area contributed by atoms with Crippen LogP contribution in [0.1, 0.15) is 21.7 Å². The van der Waals surface area contributed by atoms with Crippen LogP contribution >= 0.6 is 0 Å². The number of anilines is 1. The molecule has 118 valence electrons. The minimum atomic E-state index is -0.355. The number of amides is 1. The Kier molecular flexibility index (Phi) is 3.19. The van der Waals surface area contributed by atoms with Gasteiger partial charge in [-0.2, -0.15) is 0 Å². The fourth-order valence-electron chi connectivity index (χ4n) is 2.63. The van der Waals surface area contributed by atoms with Gasteiger partial charge in [0, 0.05) is 5.69 Å². The van der Waals surface area contributed by atoms with Crippen LogP contribution < -0.4 is 5.32 Å². The Morgan fingerprint density at radius 1 is 1.08 bits per heavy atom. The number of rotatable bonds is 2. The zero-order chi connectivity index (χ0) is 16.7. The molecule has 2 N–H and O–H groups in total. The van der Waals surface area contributed by atoms with E-state index in [1.54, 1.807) is 0 Å². The monoisotopic (exact) mass is 318 g/mol. The van der Waals surface area contributed by atoms with Gasteiger partial charge in [-0.05, 0) is 31.5 Å². The molecule has 7 nitrogen and oxygen atoms in total. The lowest BCUT2D eigenvalue weighted by Gasteiger charge is -2.06. The zero-order valence-electron chi connectivity index (χ0n) is 13.2. The number of nitrogens with zero attached hydrogens (tertiary/aromatic N) is 4. The highest BCUT2D eigenvalue weighted by atomic mass is 16.1. The first kappa shape index (κ1) is 14.3. The van der Waals surface area contributed by atoms with E-state index in [2.05, 4.69) is 30.2 Å². The molecule has 0 atom stereocenters. The third kappa shape index (κ3) is 2.26. The molecule has 3 aromatic heterocycles. The van der Waals surface area contributed by atoms with Crippen molar-refractivity contribution in [2.45, 2.75) is 13.8 Å². The van der Waals surface area contributed by atoms with E-state index in [-0.39, 0.29) is 11.6 Å². The first-order valence-corrected chi connectivity index (χ1v) is 7.46. The number of hydrogen-bond acceptors (Lipinski definition) is 5. The van der Waals surface area contributed by atoms with Gasteiger partial charge in [0.2, 0.25) is 0 Å². The molecule has 0 saturated carbocycles. The predicted molar refractivity (Wildman–Crippen MR) is 90.9 cm³/mol.